The summed E-state index contributed by atoms with van der Waals surface area (Å²) >= 11 is 0. The Labute approximate surface area is 245 Å². The van der Waals surface area contributed by atoms with Crippen molar-refractivity contribution in [1.29, 1.82) is 5.26 Å². The number of aromatic nitrogens is 2. The first-order valence-corrected chi connectivity index (χ1v) is 14.0. The molecule has 1 aliphatic rings. The Hall–Kier alpha value is -5.22. The molecule has 7 heteroatoms. The van der Waals surface area contributed by atoms with Crippen LogP contribution in [0, 0.1) is 11.3 Å². The average molecular weight is 554 g/mol. The molecule has 2 atom stereocenters. The summed E-state index contributed by atoms with van der Waals surface area (Å²) in [7, 11) is 1.69. The van der Waals surface area contributed by atoms with Gasteiger partial charge >= 0.3 is 0 Å². The first-order chi connectivity index (χ1) is 20.5. The maximum atomic E-state index is 13.2. The third-order valence-electron chi connectivity index (χ3n) is 7.96. The lowest BCUT2D eigenvalue weighted by Crippen LogP contribution is -2.58. The third-order valence-corrected chi connectivity index (χ3v) is 7.96. The third kappa shape index (κ3) is 4.92. The number of methoxy groups -OCH3 is 1. The Morgan fingerprint density at radius 3 is 2.19 bits per heavy atom. The number of hydrogen-bond donors (Lipinski definition) is 0. The van der Waals surface area contributed by atoms with Crippen molar-refractivity contribution in [2.75, 3.05) is 25.1 Å². The molecule has 2 aromatic heterocycles. The zero-order valence-electron chi connectivity index (χ0n) is 23.9. The normalized spacial score (nSPS) is 16.7. The van der Waals surface area contributed by atoms with E-state index in [-0.39, 0.29) is 18.0 Å². The van der Waals surface area contributed by atoms with Crippen molar-refractivity contribution < 1.29 is 9.53 Å². The summed E-state index contributed by atoms with van der Waals surface area (Å²) in [5, 5.41) is 10.1. The number of carbonyl (C=O) groups excluding carboxylic acids is 1. The number of para-hydroxylation sites is 1. The van der Waals surface area contributed by atoms with Gasteiger partial charge in [-0.05, 0) is 67.4 Å². The Balaban J connectivity index is 1.26. The van der Waals surface area contributed by atoms with Crippen LogP contribution in [0.2, 0.25) is 0 Å². The Morgan fingerprint density at radius 1 is 0.857 bits per heavy atom. The smallest absolute Gasteiger partial charge is 0.273 e. The molecular weight excluding hydrogens is 522 g/mol. The van der Waals surface area contributed by atoms with Crippen molar-refractivity contribution in [3.63, 3.8) is 0 Å². The van der Waals surface area contributed by atoms with Crippen molar-refractivity contribution in [2.24, 2.45) is 0 Å². The van der Waals surface area contributed by atoms with Gasteiger partial charge in [0, 0.05) is 59.8 Å². The summed E-state index contributed by atoms with van der Waals surface area (Å²) in [6, 6.07) is 29.8. The number of fused-ring (bicyclic) bond motifs is 1. The minimum Gasteiger partial charge on any atom is -0.495 e. The minimum absolute atomic E-state index is 0.0242. The molecule has 0 spiro atoms. The fraction of sp³-hybridized carbons (Fsp3) is 0.200. The summed E-state index contributed by atoms with van der Waals surface area (Å²) in [6.45, 7) is 5.66. The van der Waals surface area contributed by atoms with E-state index in [1.807, 2.05) is 65.7 Å². The summed E-state index contributed by atoms with van der Waals surface area (Å²) in [4.78, 5) is 26.6. The molecule has 7 nitrogen and oxygen atoms in total. The fourth-order valence-corrected chi connectivity index (χ4v) is 5.99. The number of rotatable bonds is 5. The lowest BCUT2D eigenvalue weighted by Gasteiger charge is -2.45. The molecule has 0 aliphatic carbocycles. The molecule has 0 saturated carbocycles. The van der Waals surface area contributed by atoms with Gasteiger partial charge in [-0.1, -0.05) is 42.5 Å². The number of carbonyl (C=O) groups is 1. The molecule has 42 heavy (non-hydrogen) atoms. The van der Waals surface area contributed by atoms with Gasteiger partial charge in [0.25, 0.3) is 5.91 Å². The molecule has 0 bridgehead atoms. The number of amides is 1. The minimum atomic E-state index is -0.0242. The van der Waals surface area contributed by atoms with E-state index in [2.05, 4.69) is 54.1 Å². The standard InChI is InChI=1S/C35H31N5O2/c1-23-21-39(22-24(2)40(23)35(41)32-9-4-5-18-37-32)28-16-14-27(15-17-28)31-20-38-33-29(7-6-8-30(33)34(31)42-3)26-12-10-25(19-36)11-13-26/h4-18,20,23-24H,21-22H2,1-3H3. The summed E-state index contributed by atoms with van der Waals surface area (Å²) < 4.78 is 5.95. The predicted octanol–water partition coefficient (Wildman–Crippen LogP) is 6.58. The van der Waals surface area contributed by atoms with E-state index in [4.69, 9.17) is 15.0 Å². The van der Waals surface area contributed by atoms with Gasteiger partial charge in [0.05, 0.1) is 24.3 Å². The van der Waals surface area contributed by atoms with Crippen LogP contribution < -0.4 is 9.64 Å². The van der Waals surface area contributed by atoms with Gasteiger partial charge in [0.1, 0.15) is 11.4 Å². The highest BCUT2D eigenvalue weighted by molar-refractivity contribution is 6.00. The maximum absolute atomic E-state index is 13.2. The van der Waals surface area contributed by atoms with Crippen LogP contribution in [-0.4, -0.2) is 53.1 Å². The molecule has 1 aliphatic heterocycles. The number of pyridine rings is 2. The zero-order chi connectivity index (χ0) is 29.2. The van der Waals surface area contributed by atoms with Gasteiger partial charge in [0.2, 0.25) is 0 Å². The van der Waals surface area contributed by atoms with Crippen molar-refractivity contribution >= 4 is 22.5 Å². The van der Waals surface area contributed by atoms with Crippen LogP contribution in [-0.2, 0) is 0 Å². The van der Waals surface area contributed by atoms with E-state index in [9.17, 15) is 4.79 Å². The van der Waals surface area contributed by atoms with Crippen molar-refractivity contribution in [3.05, 3.63) is 109 Å². The molecule has 208 valence electrons. The quantitative estimate of drug-likeness (QED) is 0.244. The number of nitriles is 1. The highest BCUT2D eigenvalue weighted by atomic mass is 16.5. The van der Waals surface area contributed by atoms with Crippen molar-refractivity contribution in [2.45, 2.75) is 25.9 Å². The van der Waals surface area contributed by atoms with Crippen LogP contribution >= 0.6 is 0 Å². The second-order valence-corrected chi connectivity index (χ2v) is 10.7. The number of benzene rings is 3. The second kappa shape index (κ2) is 11.3. The first kappa shape index (κ1) is 27.0. The van der Waals surface area contributed by atoms with Crippen molar-refractivity contribution in [1.82, 2.24) is 14.9 Å². The van der Waals surface area contributed by atoms with Crippen molar-refractivity contribution in [3.8, 4) is 34.1 Å². The molecule has 3 heterocycles. The molecule has 0 radical (unpaired) electrons. The average Bonchev–Trinajstić information content (AvgIpc) is 3.04. The van der Waals surface area contributed by atoms with Crippen LogP contribution in [0.25, 0.3) is 33.2 Å². The first-order valence-electron chi connectivity index (χ1n) is 14.0. The van der Waals surface area contributed by atoms with E-state index in [1.165, 1.54) is 0 Å². The van der Waals surface area contributed by atoms with Crippen LogP contribution in [0.4, 0.5) is 5.69 Å². The van der Waals surface area contributed by atoms with Gasteiger partial charge < -0.3 is 14.5 Å². The molecule has 1 saturated heterocycles. The zero-order valence-corrected chi connectivity index (χ0v) is 23.9. The molecule has 1 fully saturated rings. The van der Waals surface area contributed by atoms with E-state index in [1.54, 1.807) is 19.4 Å². The van der Waals surface area contributed by atoms with Gasteiger partial charge in [-0.15, -0.1) is 0 Å². The SMILES string of the molecule is COc1c(-c2ccc(N3CC(C)N(C(=O)c4ccccn4)C(C)C3)cc2)cnc2c(-c3ccc(C#N)cc3)cccc12. The highest BCUT2D eigenvalue weighted by Gasteiger charge is 2.34. The largest absolute Gasteiger partial charge is 0.495 e. The van der Waals surface area contributed by atoms with Gasteiger partial charge in [0.15, 0.2) is 0 Å². The Morgan fingerprint density at radius 2 is 1.55 bits per heavy atom. The number of piperazine rings is 1. The fourth-order valence-electron chi connectivity index (χ4n) is 5.99. The number of ether oxygens (including phenoxy) is 1. The second-order valence-electron chi connectivity index (χ2n) is 10.7. The molecule has 5 aromatic rings. The Bertz CT molecular complexity index is 1770. The van der Waals surface area contributed by atoms with E-state index < -0.39 is 0 Å². The number of anilines is 1. The van der Waals surface area contributed by atoms with E-state index >= 15 is 0 Å². The van der Waals surface area contributed by atoms with Gasteiger partial charge in [-0.25, -0.2) is 0 Å². The monoisotopic (exact) mass is 553 g/mol. The summed E-state index contributed by atoms with van der Waals surface area (Å²) in [5.41, 5.74) is 6.98. The topological polar surface area (TPSA) is 82.3 Å². The van der Waals surface area contributed by atoms with Crippen LogP contribution in [0.15, 0.2) is 97.3 Å². The Kier molecular flexibility index (Phi) is 7.28. The molecular formula is C35H31N5O2. The molecule has 2 unspecified atom stereocenters. The molecule has 0 N–H and O–H groups in total. The van der Waals surface area contributed by atoms with Crippen LogP contribution in [0.1, 0.15) is 29.9 Å². The lowest BCUT2D eigenvalue weighted by molar-refractivity contribution is 0.0568. The molecule has 6 rings (SSSR count). The number of nitrogens with zero attached hydrogens (tertiary/aromatic N) is 5. The predicted molar refractivity (Wildman–Crippen MR) is 165 cm³/mol. The van der Waals surface area contributed by atoms with E-state index in [0.717, 1.165) is 57.7 Å². The summed E-state index contributed by atoms with van der Waals surface area (Å²) in [5.74, 6) is 0.746. The van der Waals surface area contributed by atoms with Gasteiger partial charge in [-0.3, -0.25) is 14.8 Å². The summed E-state index contributed by atoms with van der Waals surface area (Å²) in [6.07, 6.45) is 3.53. The highest BCUT2D eigenvalue weighted by Crippen LogP contribution is 2.39. The lowest BCUT2D eigenvalue weighted by atomic mass is 9.97. The van der Waals surface area contributed by atoms with Crippen LogP contribution in [0.3, 0.4) is 0 Å². The maximum Gasteiger partial charge on any atom is 0.273 e. The molecule has 3 aromatic carbocycles. The van der Waals surface area contributed by atoms with Crippen LogP contribution in [0.5, 0.6) is 5.75 Å². The number of hydrogen-bond acceptors (Lipinski definition) is 6. The molecule has 1 amide bonds. The van der Waals surface area contributed by atoms with E-state index in [0.29, 0.717) is 11.3 Å². The van der Waals surface area contributed by atoms with Gasteiger partial charge in [-0.2, -0.15) is 5.26 Å².